The summed E-state index contributed by atoms with van der Waals surface area (Å²) >= 11 is 1.88. The highest BCUT2D eigenvalue weighted by atomic mass is 32.1. The molecular formula is C23H30FN3OS. The summed E-state index contributed by atoms with van der Waals surface area (Å²) in [6.07, 6.45) is 1.04. The van der Waals surface area contributed by atoms with Crippen LogP contribution in [0.1, 0.15) is 45.3 Å². The molecule has 3 aliphatic rings. The zero-order valence-electron chi connectivity index (χ0n) is 17.4. The molecule has 156 valence electrons. The van der Waals surface area contributed by atoms with Crippen LogP contribution in [0.2, 0.25) is 0 Å². The molecule has 2 aromatic rings. The van der Waals surface area contributed by atoms with Gasteiger partial charge in [0.15, 0.2) is 0 Å². The standard InChI is InChI=1S/C23H30FN3OS/c1-15-7-19(16(2)29-15)12-26-9-17-8-20(13-26)22-4-3-18(23(28)27(22)10-17)11-25-6-5-21(24)14-25/h3-4,7,17,20-21H,5-6,8-14H2,1-2H3/t17-,20+,21-/m0/s1. The van der Waals surface area contributed by atoms with Crippen molar-refractivity contribution in [1.29, 1.82) is 0 Å². The number of aromatic nitrogens is 1. The first-order valence-corrected chi connectivity index (χ1v) is 11.6. The lowest BCUT2D eigenvalue weighted by Gasteiger charge is -2.43. The molecule has 0 N–H and O–H groups in total. The number of fused-ring (bicyclic) bond motifs is 4. The van der Waals surface area contributed by atoms with Crippen LogP contribution in [0.4, 0.5) is 4.39 Å². The highest BCUT2D eigenvalue weighted by Crippen LogP contribution is 2.36. The first kappa shape index (κ1) is 19.5. The minimum absolute atomic E-state index is 0.150. The van der Waals surface area contributed by atoms with Crippen molar-refractivity contribution in [2.75, 3.05) is 26.2 Å². The summed E-state index contributed by atoms with van der Waals surface area (Å²) in [6, 6.07) is 6.50. The molecule has 5 heterocycles. The lowest BCUT2D eigenvalue weighted by molar-refractivity contribution is 0.114. The predicted octanol–water partition coefficient (Wildman–Crippen LogP) is 3.69. The van der Waals surface area contributed by atoms with E-state index in [4.69, 9.17) is 0 Å². The monoisotopic (exact) mass is 415 g/mol. The molecule has 3 aliphatic heterocycles. The van der Waals surface area contributed by atoms with E-state index in [2.05, 4.69) is 35.8 Å². The van der Waals surface area contributed by atoms with Crippen molar-refractivity contribution in [3.8, 4) is 0 Å². The van der Waals surface area contributed by atoms with Crippen LogP contribution in [0, 0.1) is 19.8 Å². The molecule has 2 aromatic heterocycles. The number of alkyl halides is 1. The van der Waals surface area contributed by atoms with E-state index < -0.39 is 6.17 Å². The summed E-state index contributed by atoms with van der Waals surface area (Å²) in [7, 11) is 0. The second-order valence-electron chi connectivity index (χ2n) is 9.25. The van der Waals surface area contributed by atoms with Crippen molar-refractivity contribution < 1.29 is 4.39 Å². The van der Waals surface area contributed by atoms with Gasteiger partial charge in [0.05, 0.1) is 0 Å². The van der Waals surface area contributed by atoms with Gasteiger partial charge in [-0.25, -0.2) is 4.39 Å². The molecular weight excluding hydrogens is 385 g/mol. The first-order valence-electron chi connectivity index (χ1n) is 10.8. The number of piperidine rings is 1. The Morgan fingerprint density at radius 2 is 1.90 bits per heavy atom. The van der Waals surface area contributed by atoms with Crippen molar-refractivity contribution in [2.45, 2.75) is 58.4 Å². The predicted molar refractivity (Wildman–Crippen MR) is 115 cm³/mol. The minimum Gasteiger partial charge on any atom is -0.312 e. The van der Waals surface area contributed by atoms with Crippen LogP contribution in [0.3, 0.4) is 0 Å². The molecule has 2 saturated heterocycles. The van der Waals surface area contributed by atoms with Gasteiger partial charge in [-0.15, -0.1) is 11.3 Å². The molecule has 0 radical (unpaired) electrons. The Hall–Kier alpha value is -1.50. The number of aryl methyl sites for hydroxylation is 2. The molecule has 2 bridgehead atoms. The van der Waals surface area contributed by atoms with Crippen molar-refractivity contribution in [3.63, 3.8) is 0 Å². The van der Waals surface area contributed by atoms with E-state index in [9.17, 15) is 9.18 Å². The van der Waals surface area contributed by atoms with Gasteiger partial charge in [-0.1, -0.05) is 6.07 Å². The second-order valence-corrected chi connectivity index (χ2v) is 10.7. The van der Waals surface area contributed by atoms with Gasteiger partial charge in [0.25, 0.3) is 5.56 Å². The van der Waals surface area contributed by atoms with Crippen LogP contribution in [0.15, 0.2) is 23.0 Å². The number of hydrogen-bond donors (Lipinski definition) is 0. The van der Waals surface area contributed by atoms with E-state index in [1.807, 2.05) is 22.0 Å². The SMILES string of the molecule is Cc1cc(CN2C[C@@H]3C[C@H](C2)c2ccc(CN4CC[C@H](F)C4)c(=O)n2C3)c(C)s1. The summed E-state index contributed by atoms with van der Waals surface area (Å²) < 4.78 is 15.5. The molecule has 0 spiro atoms. The van der Waals surface area contributed by atoms with Crippen molar-refractivity contribution in [3.05, 3.63) is 55.1 Å². The highest BCUT2D eigenvalue weighted by Gasteiger charge is 2.35. The van der Waals surface area contributed by atoms with Gasteiger partial charge >= 0.3 is 0 Å². The van der Waals surface area contributed by atoms with Crippen LogP contribution < -0.4 is 5.56 Å². The fourth-order valence-electron chi connectivity index (χ4n) is 5.59. The van der Waals surface area contributed by atoms with Crippen molar-refractivity contribution in [1.82, 2.24) is 14.4 Å². The largest absolute Gasteiger partial charge is 0.312 e. The maximum atomic E-state index is 13.5. The highest BCUT2D eigenvalue weighted by molar-refractivity contribution is 7.12. The molecule has 3 atom stereocenters. The lowest BCUT2D eigenvalue weighted by atomic mass is 9.83. The summed E-state index contributed by atoms with van der Waals surface area (Å²) in [6.45, 7) is 10.1. The van der Waals surface area contributed by atoms with Gasteiger partial charge in [-0.3, -0.25) is 14.6 Å². The third kappa shape index (κ3) is 3.82. The van der Waals surface area contributed by atoms with Crippen molar-refractivity contribution in [2.24, 2.45) is 5.92 Å². The first-order chi connectivity index (χ1) is 14.0. The second kappa shape index (κ2) is 7.64. The average molecular weight is 416 g/mol. The molecule has 2 fully saturated rings. The number of pyridine rings is 1. The molecule has 0 aliphatic carbocycles. The van der Waals surface area contributed by atoms with E-state index in [1.165, 1.54) is 27.4 Å². The zero-order valence-corrected chi connectivity index (χ0v) is 18.2. The fourth-order valence-corrected chi connectivity index (χ4v) is 6.53. The number of halogens is 1. The molecule has 0 amide bonds. The maximum absolute atomic E-state index is 13.5. The Labute approximate surface area is 175 Å². The maximum Gasteiger partial charge on any atom is 0.255 e. The van der Waals surface area contributed by atoms with Crippen LogP contribution >= 0.6 is 11.3 Å². The van der Waals surface area contributed by atoms with E-state index in [1.54, 1.807) is 0 Å². The number of hydrogen-bond acceptors (Lipinski definition) is 4. The minimum atomic E-state index is -0.739. The number of thiophene rings is 1. The average Bonchev–Trinajstić information content (AvgIpc) is 3.22. The molecule has 6 heteroatoms. The van der Waals surface area contributed by atoms with Crippen LogP contribution in [-0.2, 0) is 19.6 Å². The van der Waals surface area contributed by atoms with Gasteiger partial charge in [-0.05, 0) is 50.3 Å². The number of rotatable bonds is 4. The van der Waals surface area contributed by atoms with Gasteiger partial charge in [-0.2, -0.15) is 0 Å². The van der Waals surface area contributed by atoms with Crippen LogP contribution in [0.5, 0.6) is 0 Å². The molecule has 0 unspecified atom stereocenters. The van der Waals surface area contributed by atoms with Gasteiger partial charge in [0.2, 0.25) is 0 Å². The zero-order chi connectivity index (χ0) is 20.1. The Bertz CT molecular complexity index is 968. The molecule has 29 heavy (non-hydrogen) atoms. The summed E-state index contributed by atoms with van der Waals surface area (Å²) in [5.41, 5.74) is 3.63. The van der Waals surface area contributed by atoms with Gasteiger partial charge in [0.1, 0.15) is 6.17 Å². The summed E-state index contributed by atoms with van der Waals surface area (Å²) in [4.78, 5) is 20.6. The Morgan fingerprint density at radius 3 is 2.62 bits per heavy atom. The Balaban J connectivity index is 1.34. The van der Waals surface area contributed by atoms with Crippen LogP contribution in [0.25, 0.3) is 0 Å². The van der Waals surface area contributed by atoms with E-state index in [0.717, 1.165) is 38.3 Å². The molecule has 4 nitrogen and oxygen atoms in total. The Morgan fingerprint density at radius 1 is 1.07 bits per heavy atom. The molecule has 0 saturated carbocycles. The topological polar surface area (TPSA) is 28.5 Å². The lowest BCUT2D eigenvalue weighted by Crippen LogP contribution is -2.47. The molecule has 5 rings (SSSR count). The number of nitrogens with zero attached hydrogens (tertiary/aromatic N) is 3. The third-order valence-electron chi connectivity index (χ3n) is 6.91. The van der Waals surface area contributed by atoms with Crippen LogP contribution in [-0.4, -0.2) is 46.7 Å². The number of likely N-dealkylation sites (tertiary alicyclic amines) is 2. The Kier molecular flexibility index (Phi) is 5.13. The summed E-state index contributed by atoms with van der Waals surface area (Å²) in [5, 5.41) is 0. The summed E-state index contributed by atoms with van der Waals surface area (Å²) in [5.74, 6) is 0.975. The normalized spacial score (nSPS) is 27.3. The molecule has 0 aromatic carbocycles. The quantitative estimate of drug-likeness (QED) is 0.763. The fraction of sp³-hybridized carbons (Fsp3) is 0.609. The third-order valence-corrected chi connectivity index (χ3v) is 7.91. The van der Waals surface area contributed by atoms with E-state index >= 15 is 0 Å². The van der Waals surface area contributed by atoms with E-state index in [-0.39, 0.29) is 5.56 Å². The smallest absolute Gasteiger partial charge is 0.255 e. The van der Waals surface area contributed by atoms with Crippen molar-refractivity contribution >= 4 is 11.3 Å². The van der Waals surface area contributed by atoms with Gasteiger partial charge in [0, 0.05) is 72.7 Å². The van der Waals surface area contributed by atoms with E-state index in [0.29, 0.717) is 31.3 Å². The van der Waals surface area contributed by atoms with Gasteiger partial charge < -0.3 is 4.57 Å².